The van der Waals surface area contributed by atoms with Crippen LogP contribution in [-0.2, 0) is 6.54 Å². The van der Waals surface area contributed by atoms with Gasteiger partial charge in [0.1, 0.15) is 5.82 Å². The van der Waals surface area contributed by atoms with E-state index in [1.165, 1.54) is 5.56 Å². The van der Waals surface area contributed by atoms with Gasteiger partial charge in [-0.3, -0.25) is 4.79 Å². The van der Waals surface area contributed by atoms with Crippen LogP contribution in [0, 0.1) is 6.92 Å². The highest BCUT2D eigenvalue weighted by Crippen LogP contribution is 2.17. The van der Waals surface area contributed by atoms with E-state index in [-0.39, 0.29) is 5.91 Å². The maximum absolute atomic E-state index is 12.4. The summed E-state index contributed by atoms with van der Waals surface area (Å²) in [5.74, 6) is 0.501. The molecule has 4 nitrogen and oxygen atoms in total. The Bertz CT molecular complexity index is 878. The molecule has 126 valence electrons. The Morgan fingerprint density at radius 1 is 1.08 bits per heavy atom. The van der Waals surface area contributed by atoms with Crippen molar-refractivity contribution in [3.05, 3.63) is 88.0 Å². The Morgan fingerprint density at radius 2 is 1.88 bits per heavy atom. The smallest absolute Gasteiger partial charge is 0.255 e. The second-order valence-corrected chi connectivity index (χ2v) is 6.65. The van der Waals surface area contributed by atoms with Crippen LogP contribution in [0.5, 0.6) is 0 Å². The molecule has 3 aromatic rings. The minimum atomic E-state index is -0.168. The van der Waals surface area contributed by atoms with Gasteiger partial charge in [-0.2, -0.15) is 0 Å². The molecule has 1 heterocycles. The van der Waals surface area contributed by atoms with E-state index in [0.717, 1.165) is 15.7 Å². The van der Waals surface area contributed by atoms with Gasteiger partial charge in [-0.25, -0.2) is 4.98 Å². The largest absolute Gasteiger partial charge is 0.366 e. The molecule has 0 saturated carbocycles. The second kappa shape index (κ2) is 7.94. The summed E-state index contributed by atoms with van der Waals surface area (Å²) in [5, 5.41) is 6.13. The monoisotopic (exact) mass is 395 g/mol. The first-order chi connectivity index (χ1) is 12.1. The van der Waals surface area contributed by atoms with Gasteiger partial charge in [0.05, 0.1) is 0 Å². The number of nitrogens with zero attached hydrogens (tertiary/aromatic N) is 1. The third kappa shape index (κ3) is 4.90. The molecule has 0 unspecified atom stereocenters. The first-order valence-corrected chi connectivity index (χ1v) is 8.72. The average Bonchev–Trinajstić information content (AvgIpc) is 2.61. The SMILES string of the molecule is Cc1ccc(CNc2cc(C(=O)Nc3cccc(Br)c3)ccn2)cc1. The van der Waals surface area contributed by atoms with Crippen LogP contribution in [0.1, 0.15) is 21.5 Å². The van der Waals surface area contributed by atoms with E-state index in [1.807, 2.05) is 24.3 Å². The van der Waals surface area contributed by atoms with Crippen molar-refractivity contribution < 1.29 is 4.79 Å². The normalized spacial score (nSPS) is 10.3. The van der Waals surface area contributed by atoms with Crippen LogP contribution >= 0.6 is 15.9 Å². The molecule has 0 atom stereocenters. The number of aryl methyl sites for hydroxylation is 1. The van der Waals surface area contributed by atoms with Crippen LogP contribution in [0.25, 0.3) is 0 Å². The van der Waals surface area contributed by atoms with Crippen LogP contribution in [-0.4, -0.2) is 10.9 Å². The van der Waals surface area contributed by atoms with E-state index in [2.05, 4.69) is 62.7 Å². The van der Waals surface area contributed by atoms with Gasteiger partial charge in [-0.05, 0) is 42.8 Å². The number of carbonyl (C=O) groups excluding carboxylic acids is 1. The van der Waals surface area contributed by atoms with Gasteiger partial charge in [0.25, 0.3) is 5.91 Å². The van der Waals surface area contributed by atoms with E-state index in [1.54, 1.807) is 18.3 Å². The summed E-state index contributed by atoms with van der Waals surface area (Å²) in [6.07, 6.45) is 1.63. The Kier molecular flexibility index (Phi) is 5.46. The molecule has 0 fully saturated rings. The zero-order valence-corrected chi connectivity index (χ0v) is 15.4. The number of hydrogen-bond donors (Lipinski definition) is 2. The highest BCUT2D eigenvalue weighted by atomic mass is 79.9. The Labute approximate surface area is 155 Å². The third-order valence-corrected chi connectivity index (χ3v) is 4.19. The van der Waals surface area contributed by atoms with E-state index in [4.69, 9.17) is 0 Å². The lowest BCUT2D eigenvalue weighted by Gasteiger charge is -2.09. The molecule has 25 heavy (non-hydrogen) atoms. The summed E-state index contributed by atoms with van der Waals surface area (Å²) in [5.41, 5.74) is 3.69. The van der Waals surface area contributed by atoms with Crippen LogP contribution < -0.4 is 10.6 Å². The first kappa shape index (κ1) is 17.2. The molecule has 2 aromatic carbocycles. The number of rotatable bonds is 5. The number of carbonyl (C=O) groups is 1. The van der Waals surface area contributed by atoms with E-state index in [0.29, 0.717) is 17.9 Å². The van der Waals surface area contributed by atoms with Gasteiger partial charge in [0.2, 0.25) is 0 Å². The molecule has 0 saturated heterocycles. The van der Waals surface area contributed by atoms with Gasteiger partial charge in [-0.15, -0.1) is 0 Å². The predicted molar refractivity (Wildman–Crippen MR) is 105 cm³/mol. The molecule has 0 bridgehead atoms. The molecule has 0 aliphatic heterocycles. The number of nitrogens with one attached hydrogen (secondary N) is 2. The topological polar surface area (TPSA) is 54.0 Å². The van der Waals surface area contributed by atoms with Crippen molar-refractivity contribution in [2.24, 2.45) is 0 Å². The quantitative estimate of drug-likeness (QED) is 0.637. The molecule has 2 N–H and O–H groups in total. The van der Waals surface area contributed by atoms with Crippen molar-refractivity contribution in [3.8, 4) is 0 Å². The van der Waals surface area contributed by atoms with Crippen LogP contribution in [0.4, 0.5) is 11.5 Å². The maximum atomic E-state index is 12.4. The fraction of sp³-hybridized carbons (Fsp3) is 0.100. The third-order valence-electron chi connectivity index (χ3n) is 3.70. The predicted octanol–water partition coefficient (Wildman–Crippen LogP) is 5.02. The van der Waals surface area contributed by atoms with Crippen molar-refractivity contribution in [2.75, 3.05) is 10.6 Å². The molecule has 0 aliphatic carbocycles. The van der Waals surface area contributed by atoms with Crippen LogP contribution in [0.15, 0.2) is 71.3 Å². The highest BCUT2D eigenvalue weighted by Gasteiger charge is 2.08. The summed E-state index contributed by atoms with van der Waals surface area (Å²) in [6.45, 7) is 2.72. The number of amides is 1. The van der Waals surface area contributed by atoms with Gasteiger partial charge in [-0.1, -0.05) is 51.8 Å². The highest BCUT2D eigenvalue weighted by molar-refractivity contribution is 9.10. The fourth-order valence-corrected chi connectivity index (χ4v) is 2.74. The lowest BCUT2D eigenvalue weighted by atomic mass is 10.1. The lowest BCUT2D eigenvalue weighted by Crippen LogP contribution is -2.12. The molecular formula is C20H18BrN3O. The number of hydrogen-bond acceptors (Lipinski definition) is 3. The minimum Gasteiger partial charge on any atom is -0.366 e. The van der Waals surface area contributed by atoms with Crippen molar-refractivity contribution >= 4 is 33.3 Å². The minimum absolute atomic E-state index is 0.168. The second-order valence-electron chi connectivity index (χ2n) is 5.73. The van der Waals surface area contributed by atoms with Crippen molar-refractivity contribution in [2.45, 2.75) is 13.5 Å². The number of pyridine rings is 1. The zero-order chi connectivity index (χ0) is 17.6. The molecule has 1 aromatic heterocycles. The zero-order valence-electron chi connectivity index (χ0n) is 13.8. The average molecular weight is 396 g/mol. The number of aromatic nitrogens is 1. The molecule has 0 spiro atoms. The van der Waals surface area contributed by atoms with Gasteiger partial charge >= 0.3 is 0 Å². The number of anilines is 2. The molecular weight excluding hydrogens is 378 g/mol. The number of benzene rings is 2. The van der Waals surface area contributed by atoms with Crippen LogP contribution in [0.2, 0.25) is 0 Å². The summed E-state index contributed by atoms with van der Waals surface area (Å²) in [6, 6.07) is 19.2. The van der Waals surface area contributed by atoms with Gasteiger partial charge in [0.15, 0.2) is 0 Å². The first-order valence-electron chi connectivity index (χ1n) is 7.92. The summed E-state index contributed by atoms with van der Waals surface area (Å²) >= 11 is 3.40. The molecule has 3 rings (SSSR count). The molecule has 0 aliphatic rings. The number of halogens is 1. The molecule has 1 amide bonds. The van der Waals surface area contributed by atoms with Crippen LogP contribution in [0.3, 0.4) is 0 Å². The van der Waals surface area contributed by atoms with Gasteiger partial charge in [0, 0.05) is 28.5 Å². The van der Waals surface area contributed by atoms with E-state index in [9.17, 15) is 4.79 Å². The molecule has 5 heteroatoms. The summed E-state index contributed by atoms with van der Waals surface area (Å²) in [4.78, 5) is 16.7. The lowest BCUT2D eigenvalue weighted by molar-refractivity contribution is 0.102. The summed E-state index contributed by atoms with van der Waals surface area (Å²) < 4.78 is 0.917. The Morgan fingerprint density at radius 3 is 2.64 bits per heavy atom. The van der Waals surface area contributed by atoms with Crippen molar-refractivity contribution in [3.63, 3.8) is 0 Å². The van der Waals surface area contributed by atoms with Crippen molar-refractivity contribution in [1.82, 2.24) is 4.98 Å². The van der Waals surface area contributed by atoms with E-state index < -0.39 is 0 Å². The van der Waals surface area contributed by atoms with E-state index >= 15 is 0 Å². The Hall–Kier alpha value is -2.66. The maximum Gasteiger partial charge on any atom is 0.255 e. The summed E-state index contributed by atoms with van der Waals surface area (Å²) in [7, 11) is 0. The van der Waals surface area contributed by atoms with Crippen molar-refractivity contribution in [1.29, 1.82) is 0 Å². The van der Waals surface area contributed by atoms with Gasteiger partial charge < -0.3 is 10.6 Å². The Balaban J connectivity index is 1.66. The molecule has 0 radical (unpaired) electrons. The fourth-order valence-electron chi connectivity index (χ4n) is 2.34. The standard InChI is InChI=1S/C20H18BrN3O/c1-14-5-7-15(8-6-14)13-23-19-11-16(9-10-22-19)20(25)24-18-4-2-3-17(21)12-18/h2-12H,13H2,1H3,(H,22,23)(H,24,25).